The molecule has 2 aromatic rings. The molecule has 0 atom stereocenters. The second kappa shape index (κ2) is 5.55. The monoisotopic (exact) mass is 282 g/mol. The average Bonchev–Trinajstić information content (AvgIpc) is 2.30. The van der Waals surface area contributed by atoms with E-state index >= 15 is 0 Å². The molecule has 0 amide bonds. The Morgan fingerprint density at radius 3 is 2.50 bits per heavy atom. The smallest absolute Gasteiger partial charge is 0.254 e. The number of nitrogens with zero attached hydrogens (tertiary/aromatic N) is 1. The Labute approximate surface area is 115 Å². The molecule has 94 valence electrons. The lowest BCUT2D eigenvalue weighted by Crippen LogP contribution is -2.14. The van der Waals surface area contributed by atoms with Crippen LogP contribution in [-0.2, 0) is 6.42 Å². The fraction of sp³-hybridized carbons (Fsp3) is 0.231. The molecule has 0 radical (unpaired) electrons. The fourth-order valence-electron chi connectivity index (χ4n) is 1.85. The first-order valence-electron chi connectivity index (χ1n) is 5.65. The van der Waals surface area contributed by atoms with Crippen molar-refractivity contribution in [2.75, 3.05) is 0 Å². The molecule has 5 heteroatoms. The highest BCUT2D eigenvalue weighted by Crippen LogP contribution is 2.27. The van der Waals surface area contributed by atoms with Gasteiger partial charge >= 0.3 is 0 Å². The first-order valence-corrected chi connectivity index (χ1v) is 6.40. The number of halogens is 2. The van der Waals surface area contributed by atoms with Gasteiger partial charge in [0.25, 0.3) is 5.56 Å². The van der Waals surface area contributed by atoms with Crippen LogP contribution in [-0.4, -0.2) is 9.97 Å². The molecule has 1 aromatic carbocycles. The molecular weight excluding hydrogens is 271 g/mol. The molecular formula is C13H12Cl2N2O. The molecule has 0 aliphatic heterocycles. The van der Waals surface area contributed by atoms with E-state index in [2.05, 4.69) is 9.97 Å². The Bertz CT molecular complexity index is 602. The van der Waals surface area contributed by atoms with Crippen molar-refractivity contribution < 1.29 is 0 Å². The van der Waals surface area contributed by atoms with Gasteiger partial charge in [-0.25, -0.2) is 4.98 Å². The second-order valence-corrected chi connectivity index (χ2v) is 4.84. The molecule has 0 saturated heterocycles. The van der Waals surface area contributed by atoms with Crippen LogP contribution in [0.5, 0.6) is 0 Å². The first-order chi connectivity index (χ1) is 8.61. The highest BCUT2D eigenvalue weighted by atomic mass is 35.5. The van der Waals surface area contributed by atoms with Gasteiger partial charge in [-0.1, -0.05) is 36.5 Å². The van der Waals surface area contributed by atoms with Gasteiger partial charge in [0.2, 0.25) is 0 Å². The largest absolute Gasteiger partial charge is 0.313 e. The van der Waals surface area contributed by atoms with Gasteiger partial charge in [0.05, 0.1) is 12.0 Å². The van der Waals surface area contributed by atoms with Gasteiger partial charge in [0.1, 0.15) is 0 Å². The van der Waals surface area contributed by atoms with E-state index in [-0.39, 0.29) is 5.56 Å². The predicted octanol–water partition coefficient (Wildman–Crippen LogP) is 3.70. The van der Waals surface area contributed by atoms with Crippen molar-refractivity contribution >= 4 is 23.2 Å². The minimum absolute atomic E-state index is 0.113. The number of H-pyrrole nitrogens is 1. The Hall–Kier alpha value is -1.32. The maximum Gasteiger partial charge on any atom is 0.254 e. The molecule has 3 nitrogen and oxygen atoms in total. The summed E-state index contributed by atoms with van der Waals surface area (Å²) in [5.74, 6) is 0. The molecule has 1 aromatic heterocycles. The molecule has 0 bridgehead atoms. The maximum atomic E-state index is 11.8. The van der Waals surface area contributed by atoms with E-state index in [1.807, 2.05) is 6.92 Å². The lowest BCUT2D eigenvalue weighted by Gasteiger charge is -2.07. The van der Waals surface area contributed by atoms with Gasteiger partial charge in [-0.05, 0) is 24.6 Å². The van der Waals surface area contributed by atoms with E-state index in [1.165, 1.54) is 6.33 Å². The van der Waals surface area contributed by atoms with E-state index in [0.29, 0.717) is 27.7 Å². The number of rotatable bonds is 3. The fourth-order valence-corrected chi connectivity index (χ4v) is 2.38. The maximum absolute atomic E-state index is 11.8. The second-order valence-electron chi connectivity index (χ2n) is 3.97. The predicted molar refractivity (Wildman–Crippen MR) is 74.3 cm³/mol. The molecule has 2 rings (SSSR count). The normalized spacial score (nSPS) is 10.6. The number of aromatic amines is 1. The van der Waals surface area contributed by atoms with Crippen molar-refractivity contribution in [3.05, 3.63) is 50.5 Å². The molecule has 0 fully saturated rings. The van der Waals surface area contributed by atoms with Gasteiger partial charge in [-0.15, -0.1) is 0 Å². The molecule has 1 heterocycles. The summed E-state index contributed by atoms with van der Waals surface area (Å²) in [7, 11) is 0. The molecule has 0 unspecified atom stereocenters. The van der Waals surface area contributed by atoms with Crippen molar-refractivity contribution in [2.45, 2.75) is 19.8 Å². The van der Waals surface area contributed by atoms with Gasteiger partial charge < -0.3 is 4.98 Å². The summed E-state index contributed by atoms with van der Waals surface area (Å²) in [5.41, 5.74) is 1.96. The molecule has 0 aliphatic carbocycles. The number of hydrogen-bond acceptors (Lipinski definition) is 2. The summed E-state index contributed by atoms with van der Waals surface area (Å²) in [6.07, 6.45) is 2.93. The molecule has 1 N–H and O–H groups in total. The Morgan fingerprint density at radius 1 is 1.22 bits per heavy atom. The summed E-state index contributed by atoms with van der Waals surface area (Å²) in [6, 6.07) is 5.17. The van der Waals surface area contributed by atoms with Crippen molar-refractivity contribution in [1.29, 1.82) is 0 Å². The quantitative estimate of drug-likeness (QED) is 0.933. The van der Waals surface area contributed by atoms with E-state index in [1.54, 1.807) is 18.2 Å². The zero-order valence-electron chi connectivity index (χ0n) is 9.84. The lowest BCUT2D eigenvalue weighted by atomic mass is 10.0. The number of hydrogen-bond donors (Lipinski definition) is 1. The van der Waals surface area contributed by atoms with Gasteiger partial charge in [-0.2, -0.15) is 0 Å². The minimum Gasteiger partial charge on any atom is -0.313 e. The molecule has 0 spiro atoms. The van der Waals surface area contributed by atoms with Crippen molar-refractivity contribution in [3.63, 3.8) is 0 Å². The SMILES string of the molecule is CCCc1c(-c2cc(Cl)cc(Cl)c2)nc[nH]c1=O. The summed E-state index contributed by atoms with van der Waals surface area (Å²) < 4.78 is 0. The van der Waals surface area contributed by atoms with Crippen LogP contribution in [0.15, 0.2) is 29.3 Å². The number of benzene rings is 1. The third-order valence-corrected chi connectivity index (χ3v) is 3.02. The Balaban J connectivity index is 2.63. The number of aromatic nitrogens is 2. The topological polar surface area (TPSA) is 45.8 Å². The number of nitrogens with one attached hydrogen (secondary N) is 1. The van der Waals surface area contributed by atoms with Gasteiger partial charge in [0, 0.05) is 21.2 Å². The minimum atomic E-state index is -0.113. The zero-order valence-corrected chi connectivity index (χ0v) is 11.3. The average molecular weight is 283 g/mol. The summed E-state index contributed by atoms with van der Waals surface area (Å²) in [5, 5.41) is 1.06. The van der Waals surface area contributed by atoms with Crippen LogP contribution >= 0.6 is 23.2 Å². The van der Waals surface area contributed by atoms with E-state index in [9.17, 15) is 4.79 Å². The van der Waals surface area contributed by atoms with Crippen LogP contribution in [0.2, 0.25) is 10.0 Å². The van der Waals surface area contributed by atoms with E-state index in [0.717, 1.165) is 12.0 Å². The zero-order chi connectivity index (χ0) is 13.1. The van der Waals surface area contributed by atoms with Crippen LogP contribution in [0.1, 0.15) is 18.9 Å². The van der Waals surface area contributed by atoms with Crippen LogP contribution < -0.4 is 5.56 Å². The molecule has 18 heavy (non-hydrogen) atoms. The molecule has 0 aliphatic rings. The lowest BCUT2D eigenvalue weighted by molar-refractivity contribution is 0.888. The highest BCUT2D eigenvalue weighted by Gasteiger charge is 2.11. The molecule has 0 saturated carbocycles. The van der Waals surface area contributed by atoms with Gasteiger partial charge in [-0.3, -0.25) is 4.79 Å². The first kappa shape index (κ1) is 13.1. The van der Waals surface area contributed by atoms with Crippen LogP contribution in [0.3, 0.4) is 0 Å². The third-order valence-electron chi connectivity index (χ3n) is 2.59. The standard InChI is InChI=1S/C13H12Cl2N2O/c1-2-3-11-12(16-7-17-13(11)18)8-4-9(14)6-10(15)5-8/h4-7H,2-3H2,1H3,(H,16,17,18). The van der Waals surface area contributed by atoms with E-state index < -0.39 is 0 Å². The summed E-state index contributed by atoms with van der Waals surface area (Å²) in [4.78, 5) is 18.6. The Kier molecular flexibility index (Phi) is 4.04. The van der Waals surface area contributed by atoms with Crippen molar-refractivity contribution in [1.82, 2.24) is 9.97 Å². The van der Waals surface area contributed by atoms with Crippen molar-refractivity contribution in [2.24, 2.45) is 0 Å². The third kappa shape index (κ3) is 2.74. The van der Waals surface area contributed by atoms with E-state index in [4.69, 9.17) is 23.2 Å². The summed E-state index contributed by atoms with van der Waals surface area (Å²) in [6.45, 7) is 2.02. The summed E-state index contributed by atoms with van der Waals surface area (Å²) >= 11 is 11.9. The van der Waals surface area contributed by atoms with Gasteiger partial charge in [0.15, 0.2) is 0 Å². The highest BCUT2D eigenvalue weighted by molar-refractivity contribution is 6.35. The Morgan fingerprint density at radius 2 is 1.89 bits per heavy atom. The van der Waals surface area contributed by atoms with Crippen molar-refractivity contribution in [3.8, 4) is 11.3 Å². The van der Waals surface area contributed by atoms with Crippen LogP contribution in [0.4, 0.5) is 0 Å². The van der Waals surface area contributed by atoms with Crippen LogP contribution in [0, 0.1) is 0 Å². The van der Waals surface area contributed by atoms with Crippen LogP contribution in [0.25, 0.3) is 11.3 Å².